The largest absolute Gasteiger partial charge is 0.336 e. The molecule has 2 heterocycles. The van der Waals surface area contributed by atoms with Crippen LogP contribution < -0.4 is 0 Å². The summed E-state index contributed by atoms with van der Waals surface area (Å²) < 4.78 is 0. The van der Waals surface area contributed by atoms with Gasteiger partial charge in [0.15, 0.2) is 0 Å². The fraction of sp³-hybridized carbons (Fsp3) is 0.727. The van der Waals surface area contributed by atoms with Crippen molar-refractivity contribution >= 4 is 5.91 Å². The molecule has 1 aromatic rings. The molecular weight excluding hydrogens is 204 g/mol. The zero-order chi connectivity index (χ0) is 11.5. The van der Waals surface area contributed by atoms with Crippen molar-refractivity contribution in [1.82, 2.24) is 20.1 Å². The molecule has 16 heavy (non-hydrogen) atoms. The highest BCUT2D eigenvalue weighted by Gasteiger charge is 2.23. The molecule has 5 heteroatoms. The molecule has 1 fully saturated rings. The van der Waals surface area contributed by atoms with E-state index in [9.17, 15) is 4.79 Å². The summed E-state index contributed by atoms with van der Waals surface area (Å²) in [5.41, 5.74) is 0. The van der Waals surface area contributed by atoms with Crippen molar-refractivity contribution < 1.29 is 4.79 Å². The number of amides is 1. The summed E-state index contributed by atoms with van der Waals surface area (Å²) in [7, 11) is 0. The number of carbonyl (C=O) groups excluding carboxylic acids is 1. The van der Waals surface area contributed by atoms with Crippen LogP contribution in [0.5, 0.6) is 0 Å². The molecule has 0 atom stereocenters. The molecule has 0 radical (unpaired) electrons. The van der Waals surface area contributed by atoms with Crippen LogP contribution in [0.4, 0.5) is 0 Å². The molecule has 0 bridgehead atoms. The van der Waals surface area contributed by atoms with Gasteiger partial charge < -0.3 is 4.90 Å². The maximum absolute atomic E-state index is 12.0. The second kappa shape index (κ2) is 4.63. The summed E-state index contributed by atoms with van der Waals surface area (Å²) in [5.74, 6) is 1.77. The third-order valence-electron chi connectivity index (χ3n) is 3.13. The summed E-state index contributed by atoms with van der Waals surface area (Å²) in [6, 6.07) is 0. The van der Waals surface area contributed by atoms with E-state index in [0.717, 1.165) is 44.1 Å². The van der Waals surface area contributed by atoms with Crippen LogP contribution in [0.25, 0.3) is 0 Å². The highest BCUT2D eigenvalue weighted by Crippen LogP contribution is 2.17. The Kier molecular flexibility index (Phi) is 3.22. The Balaban J connectivity index is 2.01. The van der Waals surface area contributed by atoms with E-state index in [1.54, 1.807) is 0 Å². The number of nitrogens with one attached hydrogen (secondary N) is 1. The first-order chi connectivity index (χ1) is 7.70. The van der Waals surface area contributed by atoms with Crippen molar-refractivity contribution in [3.63, 3.8) is 0 Å². The van der Waals surface area contributed by atoms with Crippen LogP contribution in [0.2, 0.25) is 0 Å². The predicted octanol–water partition coefficient (Wildman–Crippen LogP) is 1.24. The van der Waals surface area contributed by atoms with Gasteiger partial charge in [0, 0.05) is 19.5 Å². The second-order valence-corrected chi connectivity index (χ2v) is 4.43. The van der Waals surface area contributed by atoms with Crippen molar-refractivity contribution in [1.29, 1.82) is 0 Å². The van der Waals surface area contributed by atoms with Gasteiger partial charge >= 0.3 is 0 Å². The zero-order valence-electron chi connectivity index (χ0n) is 9.86. The van der Waals surface area contributed by atoms with Gasteiger partial charge in [-0.3, -0.25) is 9.89 Å². The van der Waals surface area contributed by atoms with E-state index in [-0.39, 0.29) is 5.91 Å². The molecule has 1 N–H and O–H groups in total. The molecule has 88 valence electrons. The lowest BCUT2D eigenvalue weighted by Crippen LogP contribution is -2.38. The first kappa shape index (κ1) is 11.1. The standard InChI is InChI=1S/C11H18N4O/c1-3-9-12-10(14-13-9)11(16)15-6-4-8(2)5-7-15/h8H,3-7H2,1-2H3,(H,12,13,14). The number of aryl methyl sites for hydroxylation is 1. The number of nitrogens with zero attached hydrogens (tertiary/aromatic N) is 3. The number of H-pyrrole nitrogens is 1. The van der Waals surface area contributed by atoms with E-state index in [2.05, 4.69) is 22.1 Å². The van der Waals surface area contributed by atoms with Crippen LogP contribution in [0.3, 0.4) is 0 Å². The van der Waals surface area contributed by atoms with Gasteiger partial charge in [0.2, 0.25) is 5.82 Å². The number of likely N-dealkylation sites (tertiary alicyclic amines) is 1. The topological polar surface area (TPSA) is 61.9 Å². The summed E-state index contributed by atoms with van der Waals surface area (Å²) in [5, 5.41) is 6.73. The Hall–Kier alpha value is -1.39. The maximum Gasteiger partial charge on any atom is 0.293 e. The Morgan fingerprint density at radius 1 is 1.50 bits per heavy atom. The van der Waals surface area contributed by atoms with E-state index >= 15 is 0 Å². The van der Waals surface area contributed by atoms with Gasteiger partial charge in [-0.1, -0.05) is 13.8 Å². The molecule has 5 nitrogen and oxygen atoms in total. The van der Waals surface area contributed by atoms with Gasteiger partial charge in [0.25, 0.3) is 5.91 Å². The number of carbonyl (C=O) groups is 1. The minimum atomic E-state index is -0.0390. The van der Waals surface area contributed by atoms with Crippen molar-refractivity contribution in [3.05, 3.63) is 11.6 Å². The molecule has 2 rings (SSSR count). The molecule has 0 aliphatic carbocycles. The summed E-state index contributed by atoms with van der Waals surface area (Å²) in [4.78, 5) is 18.0. The van der Waals surface area contributed by atoms with E-state index in [1.807, 2.05) is 11.8 Å². The second-order valence-electron chi connectivity index (χ2n) is 4.43. The number of rotatable bonds is 2. The fourth-order valence-corrected chi connectivity index (χ4v) is 1.90. The van der Waals surface area contributed by atoms with Gasteiger partial charge in [-0.05, 0) is 18.8 Å². The average molecular weight is 222 g/mol. The van der Waals surface area contributed by atoms with Crippen LogP contribution in [0.15, 0.2) is 0 Å². The van der Waals surface area contributed by atoms with Crippen molar-refractivity contribution in [2.45, 2.75) is 33.1 Å². The summed E-state index contributed by atoms with van der Waals surface area (Å²) >= 11 is 0. The summed E-state index contributed by atoms with van der Waals surface area (Å²) in [6.45, 7) is 5.87. The first-order valence-corrected chi connectivity index (χ1v) is 5.91. The number of aromatic nitrogens is 3. The molecule has 0 unspecified atom stereocenters. The van der Waals surface area contributed by atoms with E-state index in [4.69, 9.17) is 0 Å². The number of hydrogen-bond acceptors (Lipinski definition) is 3. The quantitative estimate of drug-likeness (QED) is 0.819. The van der Waals surface area contributed by atoms with Gasteiger partial charge in [-0.15, -0.1) is 5.10 Å². The normalized spacial score (nSPS) is 17.8. The molecule has 1 aliphatic heterocycles. The predicted molar refractivity (Wildman–Crippen MR) is 60.1 cm³/mol. The monoisotopic (exact) mass is 222 g/mol. The van der Waals surface area contributed by atoms with Gasteiger partial charge in [-0.25, -0.2) is 4.98 Å². The van der Waals surface area contributed by atoms with Crippen LogP contribution in [-0.4, -0.2) is 39.1 Å². The number of aromatic amines is 1. The first-order valence-electron chi connectivity index (χ1n) is 5.91. The highest BCUT2D eigenvalue weighted by molar-refractivity contribution is 5.90. The van der Waals surface area contributed by atoms with E-state index in [0.29, 0.717) is 5.82 Å². The van der Waals surface area contributed by atoms with Gasteiger partial charge in [0.05, 0.1) is 0 Å². The number of hydrogen-bond donors (Lipinski definition) is 1. The Labute approximate surface area is 95.2 Å². The molecule has 1 aromatic heterocycles. The molecule has 1 aliphatic rings. The third kappa shape index (κ3) is 2.23. The molecule has 1 saturated heterocycles. The van der Waals surface area contributed by atoms with Crippen LogP contribution in [0, 0.1) is 5.92 Å². The Bertz CT molecular complexity index is 366. The number of piperidine rings is 1. The van der Waals surface area contributed by atoms with E-state index in [1.165, 1.54) is 0 Å². The SMILES string of the molecule is CCc1nc(C(=O)N2CCC(C)CC2)n[nH]1. The lowest BCUT2D eigenvalue weighted by Gasteiger charge is -2.29. The average Bonchev–Trinajstić information content (AvgIpc) is 2.77. The third-order valence-corrected chi connectivity index (χ3v) is 3.13. The molecule has 1 amide bonds. The van der Waals surface area contributed by atoms with Crippen molar-refractivity contribution in [2.24, 2.45) is 5.92 Å². The minimum absolute atomic E-state index is 0.0390. The minimum Gasteiger partial charge on any atom is -0.336 e. The zero-order valence-corrected chi connectivity index (χ0v) is 9.86. The molecule has 0 saturated carbocycles. The molecule has 0 aromatic carbocycles. The van der Waals surface area contributed by atoms with Gasteiger partial charge in [-0.2, -0.15) is 0 Å². The lowest BCUT2D eigenvalue weighted by molar-refractivity contribution is 0.0685. The van der Waals surface area contributed by atoms with E-state index < -0.39 is 0 Å². The summed E-state index contributed by atoms with van der Waals surface area (Å²) in [6.07, 6.45) is 2.94. The Morgan fingerprint density at radius 3 is 2.75 bits per heavy atom. The smallest absolute Gasteiger partial charge is 0.293 e. The highest BCUT2D eigenvalue weighted by atomic mass is 16.2. The van der Waals surface area contributed by atoms with Crippen LogP contribution >= 0.6 is 0 Å². The fourth-order valence-electron chi connectivity index (χ4n) is 1.90. The van der Waals surface area contributed by atoms with Gasteiger partial charge in [0.1, 0.15) is 5.82 Å². The van der Waals surface area contributed by atoms with Crippen LogP contribution in [-0.2, 0) is 6.42 Å². The van der Waals surface area contributed by atoms with Crippen LogP contribution in [0.1, 0.15) is 43.1 Å². The maximum atomic E-state index is 12.0. The molecular formula is C11H18N4O. The van der Waals surface area contributed by atoms with Crippen molar-refractivity contribution in [3.8, 4) is 0 Å². The van der Waals surface area contributed by atoms with Crippen molar-refractivity contribution in [2.75, 3.05) is 13.1 Å². The lowest BCUT2D eigenvalue weighted by atomic mass is 9.99. The Morgan fingerprint density at radius 2 is 2.19 bits per heavy atom. The molecule has 0 spiro atoms.